The van der Waals surface area contributed by atoms with Crippen LogP contribution in [0.1, 0.15) is 66.2 Å². The van der Waals surface area contributed by atoms with E-state index in [2.05, 4.69) is 39.8 Å². The Bertz CT molecular complexity index is 180. The Balaban J connectivity index is 3.69. The molecule has 0 bridgehead atoms. The topological polar surface area (TPSA) is 0 Å². The summed E-state index contributed by atoms with van der Waals surface area (Å²) in [6, 6.07) is 0. The molecule has 0 atom stereocenters. The molecule has 0 saturated heterocycles. The van der Waals surface area contributed by atoms with Crippen molar-refractivity contribution in [1.29, 1.82) is 0 Å². The zero-order valence-corrected chi connectivity index (χ0v) is 10.4. The van der Waals surface area contributed by atoms with Crippen LogP contribution in [0.4, 0.5) is 0 Å². The second-order valence-corrected chi connectivity index (χ2v) is 4.19. The fourth-order valence-corrected chi connectivity index (χ4v) is 1.62. The van der Waals surface area contributed by atoms with Crippen LogP contribution < -0.4 is 0 Å². The van der Waals surface area contributed by atoms with E-state index in [1.54, 1.807) is 0 Å². The van der Waals surface area contributed by atoms with Gasteiger partial charge in [0, 0.05) is 0 Å². The fourth-order valence-electron chi connectivity index (χ4n) is 1.62. The summed E-state index contributed by atoms with van der Waals surface area (Å²) in [5, 5.41) is 0. The first-order valence-electron chi connectivity index (χ1n) is 6.01. The molecule has 0 aromatic rings. The number of rotatable bonds is 7. The lowest BCUT2D eigenvalue weighted by molar-refractivity contribution is 0.632. The van der Waals surface area contributed by atoms with Crippen molar-refractivity contribution in [1.82, 2.24) is 0 Å². The molecule has 0 saturated carbocycles. The van der Waals surface area contributed by atoms with Crippen molar-refractivity contribution in [2.24, 2.45) is 0 Å². The van der Waals surface area contributed by atoms with E-state index in [9.17, 15) is 0 Å². The molecule has 0 amide bonds. The lowest BCUT2D eigenvalue weighted by Crippen LogP contribution is -1.84. The first-order valence-corrected chi connectivity index (χ1v) is 6.01. The monoisotopic (exact) mass is 194 g/mol. The maximum atomic E-state index is 2.27. The van der Waals surface area contributed by atoms with Crippen molar-refractivity contribution in [2.45, 2.75) is 66.2 Å². The highest BCUT2D eigenvalue weighted by molar-refractivity contribution is 5.22. The van der Waals surface area contributed by atoms with E-state index in [1.807, 2.05) is 0 Å². The van der Waals surface area contributed by atoms with Crippen LogP contribution in [0.25, 0.3) is 0 Å². The zero-order valence-electron chi connectivity index (χ0n) is 10.4. The van der Waals surface area contributed by atoms with Gasteiger partial charge in [-0.2, -0.15) is 0 Å². The van der Waals surface area contributed by atoms with Crippen LogP contribution in [0.5, 0.6) is 0 Å². The third kappa shape index (κ3) is 6.94. The molecule has 14 heavy (non-hydrogen) atoms. The molecule has 0 aromatic heterocycles. The zero-order chi connectivity index (χ0) is 10.8. The Morgan fingerprint density at radius 2 is 1.64 bits per heavy atom. The lowest BCUT2D eigenvalue weighted by Gasteiger charge is -2.04. The van der Waals surface area contributed by atoms with Crippen molar-refractivity contribution >= 4 is 0 Å². The highest BCUT2D eigenvalue weighted by Crippen LogP contribution is 2.15. The average molecular weight is 194 g/mol. The van der Waals surface area contributed by atoms with Crippen LogP contribution in [-0.2, 0) is 0 Å². The maximum absolute atomic E-state index is 2.27. The normalized spacial score (nSPS) is 10.9. The summed E-state index contributed by atoms with van der Waals surface area (Å²) in [6.45, 7) is 8.78. The smallest absolute Gasteiger partial charge is 0.0280 e. The quantitative estimate of drug-likeness (QED) is 0.383. The molecule has 0 heterocycles. The Morgan fingerprint density at radius 1 is 1.00 bits per heavy atom. The third-order valence-electron chi connectivity index (χ3n) is 2.56. The van der Waals surface area contributed by atoms with E-state index >= 15 is 0 Å². The van der Waals surface area contributed by atoms with E-state index in [1.165, 1.54) is 49.7 Å². The van der Waals surface area contributed by atoms with Gasteiger partial charge < -0.3 is 0 Å². The summed E-state index contributed by atoms with van der Waals surface area (Å²) in [4.78, 5) is 0. The van der Waals surface area contributed by atoms with Gasteiger partial charge in [-0.1, -0.05) is 50.3 Å². The Labute approximate surface area is 90.1 Å². The number of allylic oxidation sites excluding steroid dienone is 4. The number of unbranched alkanes of at least 4 members (excludes halogenated alkanes) is 4. The summed E-state index contributed by atoms with van der Waals surface area (Å²) in [6.07, 6.45) is 12.5. The molecule has 0 aliphatic carbocycles. The van der Waals surface area contributed by atoms with Crippen LogP contribution in [0.3, 0.4) is 0 Å². The molecule has 0 nitrogen and oxygen atoms in total. The molecule has 0 aliphatic rings. The first kappa shape index (κ1) is 13.5. The summed E-state index contributed by atoms with van der Waals surface area (Å²) in [5.74, 6) is 0. The van der Waals surface area contributed by atoms with Gasteiger partial charge in [-0.3, -0.25) is 0 Å². The van der Waals surface area contributed by atoms with Crippen molar-refractivity contribution in [3.63, 3.8) is 0 Å². The Kier molecular flexibility index (Phi) is 8.72. The minimum atomic E-state index is 1.26. The van der Waals surface area contributed by atoms with E-state index in [0.29, 0.717) is 0 Å². The predicted octanol–water partition coefficient (Wildman–Crippen LogP) is 5.26. The molecular formula is C14H26. The van der Waals surface area contributed by atoms with Crippen molar-refractivity contribution in [3.05, 3.63) is 23.3 Å². The molecule has 0 fully saturated rings. The molecule has 0 rings (SSSR count). The largest absolute Gasteiger partial charge is 0.0874 e. The van der Waals surface area contributed by atoms with Crippen molar-refractivity contribution in [3.8, 4) is 0 Å². The van der Waals surface area contributed by atoms with Gasteiger partial charge in [-0.25, -0.2) is 0 Å². The molecule has 0 unspecified atom stereocenters. The summed E-state index contributed by atoms with van der Waals surface area (Å²) in [7, 11) is 0. The standard InChI is InChI=1S/C14H26/c1-5-7-8-9-10-12-14(11-6-2)13(3)4/h6,11H,5,7-10,12H2,1-4H3. The van der Waals surface area contributed by atoms with Crippen molar-refractivity contribution < 1.29 is 0 Å². The van der Waals surface area contributed by atoms with E-state index in [-0.39, 0.29) is 0 Å². The van der Waals surface area contributed by atoms with Crippen LogP contribution in [0.15, 0.2) is 23.3 Å². The van der Waals surface area contributed by atoms with Crippen molar-refractivity contribution in [2.75, 3.05) is 0 Å². The Morgan fingerprint density at radius 3 is 2.14 bits per heavy atom. The molecule has 0 aliphatic heterocycles. The van der Waals surface area contributed by atoms with Gasteiger partial charge in [-0.15, -0.1) is 0 Å². The molecule has 0 N–H and O–H groups in total. The first-order chi connectivity index (χ1) is 6.72. The van der Waals surface area contributed by atoms with Crippen LogP contribution in [0.2, 0.25) is 0 Å². The second-order valence-electron chi connectivity index (χ2n) is 4.19. The van der Waals surface area contributed by atoms with Crippen LogP contribution >= 0.6 is 0 Å². The highest BCUT2D eigenvalue weighted by Gasteiger charge is 1.95. The molecule has 0 radical (unpaired) electrons. The van der Waals surface area contributed by atoms with E-state index < -0.39 is 0 Å². The number of hydrogen-bond acceptors (Lipinski definition) is 0. The Hall–Kier alpha value is -0.520. The van der Waals surface area contributed by atoms with E-state index in [4.69, 9.17) is 0 Å². The predicted molar refractivity (Wildman–Crippen MR) is 66.6 cm³/mol. The molecule has 0 aromatic carbocycles. The van der Waals surface area contributed by atoms with Crippen LogP contribution in [-0.4, -0.2) is 0 Å². The number of hydrogen-bond donors (Lipinski definition) is 0. The molecule has 82 valence electrons. The van der Waals surface area contributed by atoms with Gasteiger partial charge >= 0.3 is 0 Å². The summed E-state index contributed by atoms with van der Waals surface area (Å²) in [5.41, 5.74) is 3.00. The summed E-state index contributed by atoms with van der Waals surface area (Å²) >= 11 is 0. The van der Waals surface area contributed by atoms with Gasteiger partial charge in [0.25, 0.3) is 0 Å². The van der Waals surface area contributed by atoms with E-state index in [0.717, 1.165) is 0 Å². The fraction of sp³-hybridized carbons (Fsp3) is 0.714. The summed E-state index contributed by atoms with van der Waals surface area (Å²) < 4.78 is 0. The third-order valence-corrected chi connectivity index (χ3v) is 2.56. The van der Waals surface area contributed by atoms with Gasteiger partial charge in [0.15, 0.2) is 0 Å². The SMILES string of the molecule is CC=CC(CCCCCCC)=C(C)C. The van der Waals surface area contributed by atoms with Gasteiger partial charge in [0.05, 0.1) is 0 Å². The molecular weight excluding hydrogens is 168 g/mol. The minimum Gasteiger partial charge on any atom is -0.0874 e. The van der Waals surface area contributed by atoms with Gasteiger partial charge in [-0.05, 0) is 39.2 Å². The van der Waals surface area contributed by atoms with Gasteiger partial charge in [0.1, 0.15) is 0 Å². The minimum absolute atomic E-state index is 1.26. The van der Waals surface area contributed by atoms with Crippen LogP contribution in [0, 0.1) is 0 Å². The highest BCUT2D eigenvalue weighted by atomic mass is 14.0. The average Bonchev–Trinajstić information content (AvgIpc) is 2.15. The molecule has 0 spiro atoms. The maximum Gasteiger partial charge on any atom is -0.0280 e. The van der Waals surface area contributed by atoms with Gasteiger partial charge in [0.2, 0.25) is 0 Å². The lowest BCUT2D eigenvalue weighted by atomic mass is 10.0. The molecule has 0 heteroatoms. The second kappa shape index (κ2) is 9.05.